The van der Waals surface area contributed by atoms with Crippen molar-refractivity contribution in [2.45, 2.75) is 19.4 Å². The Kier molecular flexibility index (Phi) is 4.79. The van der Waals surface area contributed by atoms with Gasteiger partial charge in [-0.05, 0) is 36.7 Å². The van der Waals surface area contributed by atoms with Gasteiger partial charge in [0.2, 0.25) is 0 Å². The van der Waals surface area contributed by atoms with Gasteiger partial charge in [0.05, 0.1) is 6.04 Å². The summed E-state index contributed by atoms with van der Waals surface area (Å²) in [6, 6.07) is 9.37. The minimum atomic E-state index is -0.882. The molecule has 1 N–H and O–H groups in total. The molecular formula is C16H16F3N. The van der Waals surface area contributed by atoms with Crippen LogP contribution in [0.2, 0.25) is 0 Å². The molecule has 0 aromatic heterocycles. The van der Waals surface area contributed by atoms with E-state index in [1.807, 2.05) is 6.92 Å². The maximum atomic E-state index is 14.0. The van der Waals surface area contributed by atoms with Crippen LogP contribution >= 0.6 is 0 Å². The van der Waals surface area contributed by atoms with E-state index in [-0.39, 0.29) is 11.4 Å². The monoisotopic (exact) mass is 279 g/mol. The fourth-order valence-corrected chi connectivity index (χ4v) is 2.09. The lowest BCUT2D eigenvalue weighted by Gasteiger charge is -2.20. The fraction of sp³-hybridized carbons (Fsp3) is 0.250. The molecule has 0 bridgehead atoms. The molecule has 1 atom stereocenters. The molecular weight excluding hydrogens is 263 g/mol. The predicted octanol–water partition coefficient (Wildman–Crippen LogP) is 4.19. The van der Waals surface area contributed by atoms with Gasteiger partial charge in [0, 0.05) is 5.56 Å². The standard InChI is InChI=1S/C16H16F3N/c1-2-10-20-16(11-6-8-12(17)9-7-11)13-4-3-5-14(18)15(13)19/h3-9,16,20H,2,10H2,1H3. The Morgan fingerprint density at radius 2 is 1.70 bits per heavy atom. The van der Waals surface area contributed by atoms with E-state index in [1.54, 1.807) is 12.1 Å². The van der Waals surface area contributed by atoms with Crippen molar-refractivity contribution < 1.29 is 13.2 Å². The Morgan fingerprint density at radius 3 is 2.35 bits per heavy atom. The summed E-state index contributed by atoms with van der Waals surface area (Å²) in [6.45, 7) is 2.63. The van der Waals surface area contributed by atoms with Crippen molar-refractivity contribution in [2.75, 3.05) is 6.54 Å². The lowest BCUT2D eigenvalue weighted by atomic mass is 9.98. The van der Waals surface area contributed by atoms with Crippen molar-refractivity contribution in [3.8, 4) is 0 Å². The smallest absolute Gasteiger partial charge is 0.163 e. The Labute approximate surface area is 116 Å². The average Bonchev–Trinajstić information content (AvgIpc) is 2.45. The highest BCUT2D eigenvalue weighted by Crippen LogP contribution is 2.26. The second kappa shape index (κ2) is 6.57. The summed E-state index contributed by atoms with van der Waals surface area (Å²) in [6.07, 6.45) is 0.856. The van der Waals surface area contributed by atoms with Crippen LogP contribution in [0, 0.1) is 17.5 Å². The normalized spacial score (nSPS) is 12.4. The van der Waals surface area contributed by atoms with E-state index in [2.05, 4.69) is 5.32 Å². The van der Waals surface area contributed by atoms with E-state index in [9.17, 15) is 13.2 Å². The minimum absolute atomic E-state index is 0.227. The van der Waals surface area contributed by atoms with E-state index in [0.717, 1.165) is 12.5 Å². The zero-order chi connectivity index (χ0) is 14.5. The number of hydrogen-bond donors (Lipinski definition) is 1. The van der Waals surface area contributed by atoms with Gasteiger partial charge in [-0.1, -0.05) is 31.2 Å². The Hall–Kier alpha value is -1.81. The van der Waals surface area contributed by atoms with E-state index in [4.69, 9.17) is 0 Å². The largest absolute Gasteiger partial charge is 0.306 e. The van der Waals surface area contributed by atoms with Crippen molar-refractivity contribution in [2.24, 2.45) is 0 Å². The van der Waals surface area contributed by atoms with Crippen LogP contribution in [0.15, 0.2) is 42.5 Å². The van der Waals surface area contributed by atoms with Crippen LogP contribution in [0.25, 0.3) is 0 Å². The topological polar surface area (TPSA) is 12.0 Å². The zero-order valence-corrected chi connectivity index (χ0v) is 11.2. The van der Waals surface area contributed by atoms with E-state index in [1.165, 1.54) is 24.3 Å². The van der Waals surface area contributed by atoms with Gasteiger partial charge in [-0.3, -0.25) is 0 Å². The molecule has 106 valence electrons. The molecule has 0 amide bonds. The molecule has 0 aliphatic heterocycles. The van der Waals surface area contributed by atoms with Crippen LogP contribution in [0.5, 0.6) is 0 Å². The van der Waals surface area contributed by atoms with E-state index in [0.29, 0.717) is 12.1 Å². The molecule has 2 aromatic rings. The van der Waals surface area contributed by atoms with Crippen LogP contribution in [-0.2, 0) is 0 Å². The van der Waals surface area contributed by atoms with Gasteiger partial charge in [0.15, 0.2) is 11.6 Å². The highest BCUT2D eigenvalue weighted by atomic mass is 19.2. The summed E-state index contributed by atoms with van der Waals surface area (Å²) in [5.74, 6) is -2.11. The zero-order valence-electron chi connectivity index (χ0n) is 11.2. The van der Waals surface area contributed by atoms with Gasteiger partial charge < -0.3 is 5.32 Å². The van der Waals surface area contributed by atoms with Crippen molar-refractivity contribution in [3.63, 3.8) is 0 Å². The molecule has 2 aromatic carbocycles. The summed E-state index contributed by atoms with van der Waals surface area (Å²) >= 11 is 0. The average molecular weight is 279 g/mol. The van der Waals surface area contributed by atoms with E-state index >= 15 is 0 Å². The van der Waals surface area contributed by atoms with Crippen molar-refractivity contribution in [3.05, 3.63) is 71.0 Å². The molecule has 0 radical (unpaired) electrons. The molecule has 1 nitrogen and oxygen atoms in total. The predicted molar refractivity (Wildman–Crippen MR) is 72.9 cm³/mol. The molecule has 0 fully saturated rings. The third-order valence-electron chi connectivity index (χ3n) is 3.09. The maximum Gasteiger partial charge on any atom is 0.163 e. The summed E-state index contributed by atoms with van der Waals surface area (Å²) < 4.78 is 40.3. The van der Waals surface area contributed by atoms with Gasteiger partial charge >= 0.3 is 0 Å². The van der Waals surface area contributed by atoms with Crippen molar-refractivity contribution >= 4 is 0 Å². The first-order chi connectivity index (χ1) is 9.63. The van der Waals surface area contributed by atoms with Crippen molar-refractivity contribution in [1.29, 1.82) is 0 Å². The molecule has 0 aliphatic rings. The third-order valence-corrected chi connectivity index (χ3v) is 3.09. The first-order valence-corrected chi connectivity index (χ1v) is 6.56. The molecule has 0 spiro atoms. The number of rotatable bonds is 5. The molecule has 4 heteroatoms. The van der Waals surface area contributed by atoms with Crippen LogP contribution in [-0.4, -0.2) is 6.54 Å². The van der Waals surface area contributed by atoms with Gasteiger partial charge in [-0.15, -0.1) is 0 Å². The van der Waals surface area contributed by atoms with Gasteiger partial charge in [-0.25, -0.2) is 13.2 Å². The van der Waals surface area contributed by atoms with Crippen LogP contribution < -0.4 is 5.32 Å². The molecule has 0 heterocycles. The molecule has 2 rings (SSSR count). The minimum Gasteiger partial charge on any atom is -0.306 e. The van der Waals surface area contributed by atoms with Crippen LogP contribution in [0.4, 0.5) is 13.2 Å². The van der Waals surface area contributed by atoms with Crippen LogP contribution in [0.3, 0.4) is 0 Å². The summed E-state index contributed by atoms with van der Waals surface area (Å²) in [4.78, 5) is 0. The molecule has 1 unspecified atom stereocenters. The fourth-order valence-electron chi connectivity index (χ4n) is 2.09. The molecule has 20 heavy (non-hydrogen) atoms. The van der Waals surface area contributed by atoms with E-state index < -0.39 is 17.7 Å². The first kappa shape index (κ1) is 14.6. The lowest BCUT2D eigenvalue weighted by Crippen LogP contribution is -2.24. The molecule has 0 aliphatic carbocycles. The lowest BCUT2D eigenvalue weighted by molar-refractivity contribution is 0.480. The third kappa shape index (κ3) is 3.20. The maximum absolute atomic E-state index is 14.0. The Bertz CT molecular complexity index is 566. The van der Waals surface area contributed by atoms with Gasteiger partial charge in [-0.2, -0.15) is 0 Å². The summed E-state index contributed by atoms with van der Waals surface area (Å²) in [7, 11) is 0. The Balaban J connectivity index is 2.41. The summed E-state index contributed by atoms with van der Waals surface area (Å²) in [5.41, 5.74) is 0.925. The highest BCUT2D eigenvalue weighted by molar-refractivity contribution is 5.33. The first-order valence-electron chi connectivity index (χ1n) is 6.56. The Morgan fingerprint density at radius 1 is 1.00 bits per heavy atom. The van der Waals surface area contributed by atoms with Gasteiger partial charge in [0.1, 0.15) is 5.82 Å². The number of nitrogens with one attached hydrogen (secondary N) is 1. The second-order valence-electron chi connectivity index (χ2n) is 4.58. The molecule has 0 saturated carbocycles. The van der Waals surface area contributed by atoms with Crippen LogP contribution in [0.1, 0.15) is 30.5 Å². The number of benzene rings is 2. The molecule has 0 saturated heterocycles. The summed E-state index contributed by atoms with van der Waals surface area (Å²) in [5, 5.41) is 3.16. The SMILES string of the molecule is CCCNC(c1ccc(F)cc1)c1cccc(F)c1F. The van der Waals surface area contributed by atoms with Crippen molar-refractivity contribution in [1.82, 2.24) is 5.32 Å². The second-order valence-corrected chi connectivity index (χ2v) is 4.58. The number of halogens is 3. The quantitative estimate of drug-likeness (QED) is 0.865. The van der Waals surface area contributed by atoms with Gasteiger partial charge in [0.25, 0.3) is 0 Å². The highest BCUT2D eigenvalue weighted by Gasteiger charge is 2.19. The number of hydrogen-bond acceptors (Lipinski definition) is 1.